The second-order valence-corrected chi connectivity index (χ2v) is 4.99. The minimum atomic E-state index is 0.220. The molecule has 0 saturated heterocycles. The summed E-state index contributed by atoms with van der Waals surface area (Å²) in [5, 5.41) is 3.32. The number of nitrogens with one attached hydrogen (secondary N) is 1. The van der Waals surface area contributed by atoms with Gasteiger partial charge in [-0.3, -0.25) is 0 Å². The van der Waals surface area contributed by atoms with Crippen LogP contribution < -0.4 is 5.32 Å². The lowest BCUT2D eigenvalue weighted by Gasteiger charge is -2.22. The normalized spacial score (nSPS) is 15.2. The van der Waals surface area contributed by atoms with Crippen LogP contribution in [0.3, 0.4) is 0 Å². The molecule has 14 heavy (non-hydrogen) atoms. The van der Waals surface area contributed by atoms with E-state index in [1.54, 1.807) is 0 Å². The van der Waals surface area contributed by atoms with Crippen LogP contribution in [0.15, 0.2) is 30.5 Å². The summed E-state index contributed by atoms with van der Waals surface area (Å²) in [6.45, 7) is 10.7. The molecule has 0 aromatic heterocycles. The van der Waals surface area contributed by atoms with Crippen molar-refractivity contribution in [2.45, 2.75) is 32.6 Å². The van der Waals surface area contributed by atoms with Crippen LogP contribution in [-0.2, 0) is 11.8 Å². The second-order valence-electron chi connectivity index (χ2n) is 4.99. The Balaban J connectivity index is 2.55. The second kappa shape index (κ2) is 2.88. The van der Waals surface area contributed by atoms with Gasteiger partial charge in [-0.05, 0) is 22.6 Å². The van der Waals surface area contributed by atoms with Gasteiger partial charge in [0.15, 0.2) is 0 Å². The molecule has 1 aliphatic rings. The summed E-state index contributed by atoms with van der Waals surface area (Å²) in [4.78, 5) is 0. The highest BCUT2D eigenvalue weighted by Gasteiger charge is 2.23. The molecule has 0 atom stereocenters. The molecule has 0 aliphatic carbocycles. The third kappa shape index (κ3) is 1.43. The molecule has 1 heterocycles. The summed E-state index contributed by atoms with van der Waals surface area (Å²) >= 11 is 0. The molecular formula is C13H17N. The van der Waals surface area contributed by atoms with E-state index in [0.29, 0.717) is 0 Å². The number of allylic oxidation sites excluding steroid dienone is 1. The first kappa shape index (κ1) is 9.32. The SMILES string of the molecule is C=C1Cc2c(cccc2C(C)(C)C)N1. The number of hydrogen-bond acceptors (Lipinski definition) is 1. The molecule has 1 nitrogen and oxygen atoms in total. The first-order valence-electron chi connectivity index (χ1n) is 5.05. The standard InChI is InChI=1S/C13H17N/c1-9-8-10-11(13(2,3)4)6-5-7-12(10)14-9/h5-7,14H,1,8H2,2-4H3. The Morgan fingerprint density at radius 3 is 2.64 bits per heavy atom. The predicted molar refractivity (Wildman–Crippen MR) is 61.6 cm³/mol. The van der Waals surface area contributed by atoms with Crippen LogP contribution in [0.25, 0.3) is 0 Å². The van der Waals surface area contributed by atoms with E-state index in [2.05, 4.69) is 50.9 Å². The highest BCUT2D eigenvalue weighted by atomic mass is 14.9. The molecule has 0 unspecified atom stereocenters. The predicted octanol–water partition coefficient (Wildman–Crippen LogP) is 3.47. The number of benzene rings is 1. The Morgan fingerprint density at radius 2 is 2.00 bits per heavy atom. The van der Waals surface area contributed by atoms with Crippen molar-refractivity contribution in [3.63, 3.8) is 0 Å². The molecule has 74 valence electrons. The van der Waals surface area contributed by atoms with Crippen molar-refractivity contribution < 1.29 is 0 Å². The van der Waals surface area contributed by atoms with E-state index in [-0.39, 0.29) is 5.41 Å². The van der Waals surface area contributed by atoms with Crippen LogP contribution in [-0.4, -0.2) is 0 Å². The molecule has 0 fully saturated rings. The molecule has 0 spiro atoms. The van der Waals surface area contributed by atoms with E-state index in [1.165, 1.54) is 16.8 Å². The maximum absolute atomic E-state index is 3.98. The maximum Gasteiger partial charge on any atom is 0.0421 e. The van der Waals surface area contributed by atoms with Crippen molar-refractivity contribution in [1.82, 2.24) is 0 Å². The first-order chi connectivity index (χ1) is 6.48. The van der Waals surface area contributed by atoms with Gasteiger partial charge in [-0.2, -0.15) is 0 Å². The summed E-state index contributed by atoms with van der Waals surface area (Å²) in [5.41, 5.74) is 5.42. The molecule has 0 amide bonds. The summed E-state index contributed by atoms with van der Waals surface area (Å²) in [7, 11) is 0. The molecule has 1 aliphatic heterocycles. The van der Waals surface area contributed by atoms with E-state index in [0.717, 1.165) is 12.1 Å². The molecule has 1 N–H and O–H groups in total. The van der Waals surface area contributed by atoms with Crippen LogP contribution >= 0.6 is 0 Å². The fourth-order valence-corrected chi connectivity index (χ4v) is 2.05. The highest BCUT2D eigenvalue weighted by molar-refractivity contribution is 5.65. The third-order valence-corrected chi connectivity index (χ3v) is 2.69. The lowest BCUT2D eigenvalue weighted by molar-refractivity contribution is 0.585. The fraction of sp³-hybridized carbons (Fsp3) is 0.385. The molecule has 0 radical (unpaired) electrons. The molecule has 1 heteroatoms. The Labute approximate surface area is 85.8 Å². The largest absolute Gasteiger partial charge is 0.359 e. The fourth-order valence-electron chi connectivity index (χ4n) is 2.05. The van der Waals surface area contributed by atoms with Gasteiger partial charge in [0.25, 0.3) is 0 Å². The van der Waals surface area contributed by atoms with Crippen molar-refractivity contribution in [3.8, 4) is 0 Å². The van der Waals surface area contributed by atoms with Crippen molar-refractivity contribution in [2.24, 2.45) is 0 Å². The van der Waals surface area contributed by atoms with Gasteiger partial charge >= 0.3 is 0 Å². The van der Waals surface area contributed by atoms with Gasteiger partial charge in [0.2, 0.25) is 0 Å². The van der Waals surface area contributed by atoms with Crippen molar-refractivity contribution >= 4 is 5.69 Å². The van der Waals surface area contributed by atoms with Crippen molar-refractivity contribution in [3.05, 3.63) is 41.6 Å². The molecule has 0 bridgehead atoms. The zero-order chi connectivity index (χ0) is 10.3. The lowest BCUT2D eigenvalue weighted by atomic mass is 9.83. The van der Waals surface area contributed by atoms with Gasteiger partial charge in [-0.15, -0.1) is 0 Å². The van der Waals surface area contributed by atoms with Crippen molar-refractivity contribution in [1.29, 1.82) is 0 Å². The quantitative estimate of drug-likeness (QED) is 0.655. The smallest absolute Gasteiger partial charge is 0.0421 e. The minimum absolute atomic E-state index is 0.220. The molecule has 2 rings (SSSR count). The number of anilines is 1. The van der Waals surface area contributed by atoms with Gasteiger partial charge < -0.3 is 5.32 Å². The van der Waals surface area contributed by atoms with Gasteiger partial charge in [-0.1, -0.05) is 39.5 Å². The number of rotatable bonds is 0. The van der Waals surface area contributed by atoms with Crippen molar-refractivity contribution in [2.75, 3.05) is 5.32 Å². The van der Waals surface area contributed by atoms with Crippen LogP contribution in [0, 0.1) is 0 Å². The van der Waals surface area contributed by atoms with Gasteiger partial charge in [-0.25, -0.2) is 0 Å². The van der Waals surface area contributed by atoms with Crippen LogP contribution in [0.4, 0.5) is 5.69 Å². The van der Waals surface area contributed by atoms with E-state index in [9.17, 15) is 0 Å². The molecule has 1 aromatic carbocycles. The Morgan fingerprint density at radius 1 is 1.29 bits per heavy atom. The maximum atomic E-state index is 3.98. The zero-order valence-corrected chi connectivity index (χ0v) is 9.15. The summed E-state index contributed by atoms with van der Waals surface area (Å²) in [6, 6.07) is 6.47. The first-order valence-corrected chi connectivity index (χ1v) is 5.05. The zero-order valence-electron chi connectivity index (χ0n) is 9.15. The Kier molecular flexibility index (Phi) is 1.91. The van der Waals surface area contributed by atoms with E-state index < -0.39 is 0 Å². The third-order valence-electron chi connectivity index (χ3n) is 2.69. The van der Waals surface area contributed by atoms with E-state index >= 15 is 0 Å². The molecule has 0 saturated carbocycles. The summed E-state index contributed by atoms with van der Waals surface area (Å²) in [6.07, 6.45) is 0.975. The highest BCUT2D eigenvalue weighted by Crippen LogP contribution is 2.35. The summed E-state index contributed by atoms with van der Waals surface area (Å²) in [5.74, 6) is 0. The van der Waals surface area contributed by atoms with E-state index in [1.807, 2.05) is 0 Å². The average Bonchev–Trinajstić information content (AvgIpc) is 2.41. The van der Waals surface area contributed by atoms with Crippen LogP contribution in [0.2, 0.25) is 0 Å². The van der Waals surface area contributed by atoms with Crippen LogP contribution in [0.5, 0.6) is 0 Å². The van der Waals surface area contributed by atoms with Gasteiger partial charge in [0, 0.05) is 17.8 Å². The van der Waals surface area contributed by atoms with Crippen LogP contribution in [0.1, 0.15) is 31.9 Å². The topological polar surface area (TPSA) is 12.0 Å². The minimum Gasteiger partial charge on any atom is -0.359 e. The average molecular weight is 187 g/mol. The monoisotopic (exact) mass is 187 g/mol. The number of fused-ring (bicyclic) bond motifs is 1. The number of hydrogen-bond donors (Lipinski definition) is 1. The van der Waals surface area contributed by atoms with E-state index in [4.69, 9.17) is 0 Å². The van der Waals surface area contributed by atoms with Gasteiger partial charge in [0.05, 0.1) is 0 Å². The summed E-state index contributed by atoms with van der Waals surface area (Å²) < 4.78 is 0. The molecule has 1 aromatic rings. The van der Waals surface area contributed by atoms with Gasteiger partial charge in [0.1, 0.15) is 0 Å². The Bertz CT molecular complexity index is 383. The lowest BCUT2D eigenvalue weighted by Crippen LogP contribution is -2.13. The molecular weight excluding hydrogens is 170 g/mol. The Hall–Kier alpha value is -1.24.